The number of halogens is 5. The molecule has 0 unspecified atom stereocenters. The van der Waals surface area contributed by atoms with Gasteiger partial charge in [-0.25, -0.2) is 4.39 Å². The van der Waals surface area contributed by atoms with Crippen LogP contribution in [-0.2, 0) is 14.3 Å². The van der Waals surface area contributed by atoms with E-state index in [4.69, 9.17) is 16.3 Å². The molecule has 0 saturated carbocycles. The maximum atomic E-state index is 13.3. The molecule has 1 aromatic carbocycles. The second-order valence-corrected chi connectivity index (χ2v) is 6.67. The first kappa shape index (κ1) is 23.0. The topological polar surface area (TPSA) is 67.9 Å². The molecular formula is C18H19ClF4N2O4. The minimum atomic E-state index is -4.78. The van der Waals surface area contributed by atoms with E-state index >= 15 is 0 Å². The molecule has 1 aromatic rings. The number of carbonyl (C=O) groups excluding carboxylic acids is 2. The molecule has 1 heterocycles. The van der Waals surface area contributed by atoms with E-state index in [2.05, 4.69) is 16.6 Å². The average Bonchev–Trinajstić information content (AvgIpc) is 3.01. The number of likely N-dealkylation sites (tertiary alicyclic amines) is 1. The Morgan fingerprint density at radius 2 is 2.10 bits per heavy atom. The number of amides is 2. The quantitative estimate of drug-likeness (QED) is 0.601. The largest absolute Gasteiger partial charge is 0.522 e. The van der Waals surface area contributed by atoms with E-state index in [1.54, 1.807) is 0 Å². The molecule has 29 heavy (non-hydrogen) atoms. The van der Waals surface area contributed by atoms with Gasteiger partial charge in [0.1, 0.15) is 11.6 Å². The molecule has 160 valence electrons. The van der Waals surface area contributed by atoms with E-state index in [0.717, 1.165) is 6.07 Å². The lowest BCUT2D eigenvalue weighted by atomic mass is 10.1. The maximum absolute atomic E-state index is 13.3. The van der Waals surface area contributed by atoms with E-state index in [0.29, 0.717) is 5.70 Å². The van der Waals surface area contributed by atoms with E-state index in [1.165, 1.54) is 17.0 Å². The van der Waals surface area contributed by atoms with Crippen molar-refractivity contribution in [2.24, 2.45) is 5.92 Å². The van der Waals surface area contributed by atoms with Crippen molar-refractivity contribution in [1.82, 2.24) is 10.2 Å². The van der Waals surface area contributed by atoms with Gasteiger partial charge in [0, 0.05) is 31.3 Å². The lowest BCUT2D eigenvalue weighted by molar-refractivity contribution is -0.327. The molecule has 1 aliphatic rings. The first-order valence-electron chi connectivity index (χ1n) is 8.61. The van der Waals surface area contributed by atoms with Gasteiger partial charge in [-0.15, -0.1) is 13.2 Å². The predicted molar refractivity (Wildman–Crippen MR) is 95.5 cm³/mol. The molecule has 11 heteroatoms. The van der Waals surface area contributed by atoms with Crippen LogP contribution in [0.2, 0.25) is 5.02 Å². The van der Waals surface area contributed by atoms with Crippen LogP contribution in [0.15, 0.2) is 30.5 Å². The van der Waals surface area contributed by atoms with Crippen molar-refractivity contribution in [1.29, 1.82) is 0 Å². The minimum absolute atomic E-state index is 0.0658. The Kier molecular flexibility index (Phi) is 7.86. The lowest BCUT2D eigenvalue weighted by Gasteiger charge is -2.20. The van der Waals surface area contributed by atoms with Crippen molar-refractivity contribution in [3.8, 4) is 5.75 Å². The Morgan fingerprint density at radius 3 is 2.76 bits per heavy atom. The molecule has 1 aliphatic heterocycles. The van der Waals surface area contributed by atoms with E-state index in [-0.39, 0.29) is 43.3 Å². The van der Waals surface area contributed by atoms with Crippen LogP contribution in [0.25, 0.3) is 0 Å². The third kappa shape index (κ3) is 7.21. The van der Waals surface area contributed by atoms with Crippen LogP contribution in [-0.4, -0.2) is 49.4 Å². The summed E-state index contributed by atoms with van der Waals surface area (Å²) in [5.74, 6) is -2.37. The summed E-state index contributed by atoms with van der Waals surface area (Å²) in [5, 5.41) is 2.48. The zero-order valence-electron chi connectivity index (χ0n) is 15.2. The number of rotatable bonds is 9. The second kappa shape index (κ2) is 9.93. The van der Waals surface area contributed by atoms with Crippen molar-refractivity contribution in [2.45, 2.75) is 19.2 Å². The molecule has 0 spiro atoms. The van der Waals surface area contributed by atoms with Gasteiger partial charge in [-0.05, 0) is 18.6 Å². The monoisotopic (exact) mass is 438 g/mol. The second-order valence-electron chi connectivity index (χ2n) is 6.26. The molecule has 0 aliphatic carbocycles. The Labute approximate surface area is 169 Å². The van der Waals surface area contributed by atoms with Crippen LogP contribution in [0, 0.1) is 11.7 Å². The van der Waals surface area contributed by atoms with Crippen LogP contribution in [0.3, 0.4) is 0 Å². The van der Waals surface area contributed by atoms with Gasteiger partial charge < -0.3 is 15.0 Å². The SMILES string of the molecule is C=C(CCNC(=O)COc1ccc(Cl)c(F)c1)N1CC[C@H](COC(F)(F)F)C1=O. The van der Waals surface area contributed by atoms with E-state index in [1.807, 2.05) is 0 Å². The number of hydrogen-bond donors (Lipinski definition) is 1. The van der Waals surface area contributed by atoms with E-state index < -0.39 is 36.5 Å². The minimum Gasteiger partial charge on any atom is -0.484 e. The van der Waals surface area contributed by atoms with Gasteiger partial charge in [0.05, 0.1) is 17.5 Å². The fourth-order valence-corrected chi connectivity index (χ4v) is 2.77. The van der Waals surface area contributed by atoms with Crippen molar-refractivity contribution in [3.63, 3.8) is 0 Å². The Balaban J connectivity index is 1.69. The zero-order chi connectivity index (χ0) is 21.6. The van der Waals surface area contributed by atoms with Gasteiger partial charge in [0.15, 0.2) is 6.61 Å². The highest BCUT2D eigenvalue weighted by Crippen LogP contribution is 2.26. The van der Waals surface area contributed by atoms with Crippen molar-refractivity contribution in [2.75, 3.05) is 26.3 Å². The molecule has 0 radical (unpaired) electrons. The van der Waals surface area contributed by atoms with Gasteiger partial charge in [-0.3, -0.25) is 14.3 Å². The normalized spacial score (nSPS) is 16.8. The fraction of sp³-hybridized carbons (Fsp3) is 0.444. The Bertz CT molecular complexity index is 773. The van der Waals surface area contributed by atoms with Gasteiger partial charge in [0.25, 0.3) is 5.91 Å². The molecule has 1 N–H and O–H groups in total. The molecular weight excluding hydrogens is 420 g/mol. The fourth-order valence-electron chi connectivity index (χ4n) is 2.65. The number of nitrogens with zero attached hydrogens (tertiary/aromatic N) is 1. The smallest absolute Gasteiger partial charge is 0.484 e. The standard InChI is InChI=1S/C18H19ClF4N2O4/c1-11(25-7-5-12(17(25)27)9-29-18(21,22)23)4-6-24-16(26)10-28-13-2-3-14(19)15(20)8-13/h2-3,8,12H,1,4-7,9-10H2,(H,24,26)/t12-/m1/s1. The van der Waals surface area contributed by atoms with Gasteiger partial charge in [0.2, 0.25) is 5.91 Å². The summed E-state index contributed by atoms with van der Waals surface area (Å²) < 4.78 is 58.5. The highest BCUT2D eigenvalue weighted by Gasteiger charge is 2.37. The van der Waals surface area contributed by atoms with Crippen molar-refractivity contribution >= 4 is 23.4 Å². The van der Waals surface area contributed by atoms with Crippen molar-refractivity contribution in [3.05, 3.63) is 41.3 Å². The van der Waals surface area contributed by atoms with Crippen LogP contribution in [0.1, 0.15) is 12.8 Å². The summed E-state index contributed by atoms with van der Waals surface area (Å²) in [6, 6.07) is 3.77. The summed E-state index contributed by atoms with van der Waals surface area (Å²) in [4.78, 5) is 25.2. The molecule has 1 fully saturated rings. The molecule has 0 aromatic heterocycles. The van der Waals surface area contributed by atoms with Crippen LogP contribution >= 0.6 is 11.6 Å². The van der Waals surface area contributed by atoms with Crippen LogP contribution in [0.4, 0.5) is 17.6 Å². The molecule has 1 saturated heterocycles. The highest BCUT2D eigenvalue weighted by atomic mass is 35.5. The highest BCUT2D eigenvalue weighted by molar-refractivity contribution is 6.30. The van der Waals surface area contributed by atoms with Crippen molar-refractivity contribution < 1.29 is 36.6 Å². The Hall–Kier alpha value is -2.33. The maximum Gasteiger partial charge on any atom is 0.522 e. The molecule has 6 nitrogen and oxygen atoms in total. The average molecular weight is 439 g/mol. The summed E-state index contributed by atoms with van der Waals surface area (Å²) in [6.45, 7) is 3.04. The summed E-state index contributed by atoms with van der Waals surface area (Å²) in [6.07, 6.45) is -4.33. The van der Waals surface area contributed by atoms with E-state index in [9.17, 15) is 27.2 Å². The molecule has 2 amide bonds. The number of hydrogen-bond acceptors (Lipinski definition) is 4. The summed E-state index contributed by atoms with van der Waals surface area (Å²) in [7, 11) is 0. The molecule has 2 rings (SSSR count). The number of ether oxygens (including phenoxy) is 2. The van der Waals surface area contributed by atoms with Gasteiger partial charge in [-0.1, -0.05) is 18.2 Å². The number of alkyl halides is 3. The zero-order valence-corrected chi connectivity index (χ0v) is 16.0. The molecule has 1 atom stereocenters. The number of benzene rings is 1. The first-order chi connectivity index (χ1) is 13.6. The third-order valence-corrected chi connectivity index (χ3v) is 4.45. The van der Waals surface area contributed by atoms with Gasteiger partial charge >= 0.3 is 6.36 Å². The van der Waals surface area contributed by atoms with Crippen LogP contribution < -0.4 is 10.1 Å². The summed E-state index contributed by atoms with van der Waals surface area (Å²) >= 11 is 5.55. The van der Waals surface area contributed by atoms with Crippen LogP contribution in [0.5, 0.6) is 5.75 Å². The van der Waals surface area contributed by atoms with Gasteiger partial charge in [-0.2, -0.15) is 0 Å². The predicted octanol–water partition coefficient (Wildman–Crippen LogP) is 3.26. The number of carbonyl (C=O) groups is 2. The summed E-state index contributed by atoms with van der Waals surface area (Å²) in [5.41, 5.74) is 0.380. The Morgan fingerprint density at radius 1 is 1.38 bits per heavy atom. The first-order valence-corrected chi connectivity index (χ1v) is 8.99. The lowest BCUT2D eigenvalue weighted by Crippen LogP contribution is -2.33. The molecule has 0 bridgehead atoms. The third-order valence-electron chi connectivity index (χ3n) is 4.14. The number of nitrogens with one attached hydrogen (secondary N) is 1.